The van der Waals surface area contributed by atoms with Crippen LogP contribution in [0.25, 0.3) is 11.1 Å². The molecule has 156 valence electrons. The normalized spacial score (nSPS) is 11.3. The highest BCUT2D eigenvalue weighted by atomic mass is 35.5. The fraction of sp³-hybridized carbons (Fsp3) is 0.0909. The van der Waals surface area contributed by atoms with Crippen LogP contribution in [0.5, 0.6) is 11.5 Å². The summed E-state index contributed by atoms with van der Waals surface area (Å²) in [5, 5.41) is 22.0. The highest BCUT2D eigenvalue weighted by Gasteiger charge is 2.16. The van der Waals surface area contributed by atoms with Crippen molar-refractivity contribution in [2.45, 2.75) is 6.42 Å². The van der Waals surface area contributed by atoms with Crippen molar-refractivity contribution >= 4 is 40.3 Å². The van der Waals surface area contributed by atoms with Gasteiger partial charge in [0.05, 0.1) is 23.8 Å². The number of hydrogen-bond acceptors (Lipinski definition) is 7. The van der Waals surface area contributed by atoms with E-state index in [-0.39, 0.29) is 22.7 Å². The maximum Gasteiger partial charge on any atom is 0.274 e. The number of aromatic nitrogens is 1. The van der Waals surface area contributed by atoms with Crippen LogP contribution in [0.2, 0.25) is 5.02 Å². The molecule has 31 heavy (non-hydrogen) atoms. The lowest BCUT2D eigenvalue weighted by Crippen LogP contribution is -1.94. The molecule has 0 amide bonds. The average molecular weight is 438 g/mol. The maximum absolute atomic E-state index is 11.1. The SMILES string of the molecule is COc1cc([N+](=O)[O-])cc(C=Nc2ccc3oc(Cc4ccc(Cl)cc4)nc3c2)c1O. The van der Waals surface area contributed by atoms with Crippen LogP contribution in [-0.2, 0) is 6.42 Å². The first kappa shape index (κ1) is 20.4. The number of aliphatic imine (C=N–C) groups is 1. The van der Waals surface area contributed by atoms with E-state index in [0.29, 0.717) is 34.1 Å². The Bertz CT molecular complexity index is 1300. The minimum absolute atomic E-state index is 0.00514. The fourth-order valence-electron chi connectivity index (χ4n) is 3.01. The van der Waals surface area contributed by atoms with Crippen LogP contribution in [-0.4, -0.2) is 28.3 Å². The monoisotopic (exact) mass is 437 g/mol. The van der Waals surface area contributed by atoms with Crippen LogP contribution >= 0.6 is 11.6 Å². The molecule has 4 aromatic rings. The number of nitro benzene ring substituents is 1. The van der Waals surface area contributed by atoms with Gasteiger partial charge in [-0.3, -0.25) is 15.1 Å². The first-order valence-corrected chi connectivity index (χ1v) is 9.54. The summed E-state index contributed by atoms with van der Waals surface area (Å²) in [5.41, 5.74) is 2.75. The van der Waals surface area contributed by atoms with E-state index in [0.717, 1.165) is 11.6 Å². The number of oxazole rings is 1. The molecule has 0 radical (unpaired) electrons. The second-order valence-electron chi connectivity index (χ2n) is 6.66. The zero-order chi connectivity index (χ0) is 22.0. The van der Waals surface area contributed by atoms with Gasteiger partial charge in [-0.2, -0.15) is 0 Å². The molecule has 0 aliphatic carbocycles. The number of halogens is 1. The molecule has 8 nitrogen and oxygen atoms in total. The summed E-state index contributed by atoms with van der Waals surface area (Å²) in [5.74, 6) is 0.318. The lowest BCUT2D eigenvalue weighted by molar-refractivity contribution is -0.385. The van der Waals surface area contributed by atoms with Crippen molar-refractivity contribution in [2.24, 2.45) is 4.99 Å². The van der Waals surface area contributed by atoms with E-state index >= 15 is 0 Å². The third kappa shape index (κ3) is 4.49. The van der Waals surface area contributed by atoms with Gasteiger partial charge in [0.25, 0.3) is 5.69 Å². The second-order valence-corrected chi connectivity index (χ2v) is 7.10. The van der Waals surface area contributed by atoms with E-state index in [2.05, 4.69) is 9.98 Å². The molecular formula is C22H16ClN3O5. The van der Waals surface area contributed by atoms with Gasteiger partial charge in [0.2, 0.25) is 0 Å². The molecule has 0 bridgehead atoms. The predicted molar refractivity (Wildman–Crippen MR) is 117 cm³/mol. The van der Waals surface area contributed by atoms with Gasteiger partial charge in [0.1, 0.15) is 5.52 Å². The van der Waals surface area contributed by atoms with Gasteiger partial charge in [-0.15, -0.1) is 0 Å². The smallest absolute Gasteiger partial charge is 0.274 e. The number of nitro groups is 1. The second kappa shape index (κ2) is 8.45. The Labute approximate surface area is 181 Å². The van der Waals surface area contributed by atoms with Crippen molar-refractivity contribution in [2.75, 3.05) is 7.11 Å². The molecule has 1 aromatic heterocycles. The Morgan fingerprint density at radius 1 is 1.23 bits per heavy atom. The van der Waals surface area contributed by atoms with Crippen molar-refractivity contribution in [3.63, 3.8) is 0 Å². The minimum atomic E-state index is -0.567. The third-order valence-corrected chi connectivity index (χ3v) is 4.81. The number of phenolic OH excluding ortho intramolecular Hbond substituents is 1. The van der Waals surface area contributed by atoms with E-state index in [1.54, 1.807) is 18.2 Å². The number of nitrogens with zero attached hydrogens (tertiary/aromatic N) is 3. The number of rotatable bonds is 6. The molecule has 0 fully saturated rings. The van der Waals surface area contributed by atoms with Crippen LogP contribution in [0.1, 0.15) is 17.0 Å². The standard InChI is InChI=1S/C22H16ClN3O5/c1-30-20-11-17(26(28)29)9-14(22(20)27)12-24-16-6-7-19-18(10-16)25-21(31-19)8-13-2-4-15(23)5-3-13/h2-7,9-12,27H,8H2,1H3. The number of methoxy groups -OCH3 is 1. The lowest BCUT2D eigenvalue weighted by Gasteiger charge is -2.05. The summed E-state index contributed by atoms with van der Waals surface area (Å²) in [6.07, 6.45) is 1.85. The number of ether oxygens (including phenoxy) is 1. The molecule has 1 heterocycles. The molecule has 0 aliphatic heterocycles. The quantitative estimate of drug-likeness (QED) is 0.244. The number of hydrogen-bond donors (Lipinski definition) is 1. The summed E-state index contributed by atoms with van der Waals surface area (Å²) in [4.78, 5) is 19.3. The molecule has 3 aromatic carbocycles. The molecule has 4 rings (SSSR count). The molecule has 0 unspecified atom stereocenters. The fourth-order valence-corrected chi connectivity index (χ4v) is 3.14. The summed E-state index contributed by atoms with van der Waals surface area (Å²) < 4.78 is 10.8. The molecular weight excluding hydrogens is 422 g/mol. The number of fused-ring (bicyclic) bond motifs is 1. The summed E-state index contributed by atoms with van der Waals surface area (Å²) in [7, 11) is 1.32. The highest BCUT2D eigenvalue weighted by Crippen LogP contribution is 2.34. The first-order valence-electron chi connectivity index (χ1n) is 9.16. The molecule has 0 aliphatic rings. The number of non-ortho nitro benzene ring substituents is 1. The molecule has 0 saturated carbocycles. The van der Waals surface area contributed by atoms with Gasteiger partial charge < -0.3 is 14.3 Å². The molecule has 9 heteroatoms. The number of aromatic hydroxyl groups is 1. The van der Waals surface area contributed by atoms with Gasteiger partial charge in [0.15, 0.2) is 23.0 Å². The third-order valence-electron chi connectivity index (χ3n) is 4.56. The molecule has 0 spiro atoms. The zero-order valence-electron chi connectivity index (χ0n) is 16.3. The number of benzene rings is 3. The Kier molecular flexibility index (Phi) is 5.55. The zero-order valence-corrected chi connectivity index (χ0v) is 17.0. The summed E-state index contributed by atoms with van der Waals surface area (Å²) >= 11 is 5.91. The van der Waals surface area contributed by atoms with Crippen molar-refractivity contribution < 1.29 is 19.2 Å². The van der Waals surface area contributed by atoms with E-state index in [1.807, 2.05) is 24.3 Å². The van der Waals surface area contributed by atoms with Crippen molar-refractivity contribution in [3.8, 4) is 11.5 Å². The van der Waals surface area contributed by atoms with Gasteiger partial charge in [-0.05, 0) is 35.9 Å². The average Bonchev–Trinajstić information content (AvgIpc) is 3.16. The Balaban J connectivity index is 1.60. The predicted octanol–water partition coefficient (Wildman–Crippen LogP) is 5.45. The van der Waals surface area contributed by atoms with Crippen LogP contribution in [0.3, 0.4) is 0 Å². The Morgan fingerprint density at radius 2 is 2.00 bits per heavy atom. The van der Waals surface area contributed by atoms with Gasteiger partial charge >= 0.3 is 0 Å². The molecule has 0 saturated heterocycles. The molecule has 1 N–H and O–H groups in total. The Hall–Kier alpha value is -3.91. The van der Waals surface area contributed by atoms with Crippen LogP contribution in [0.15, 0.2) is 64.0 Å². The van der Waals surface area contributed by atoms with Gasteiger partial charge in [0, 0.05) is 29.3 Å². The largest absolute Gasteiger partial charge is 0.504 e. The first-order chi connectivity index (χ1) is 14.9. The number of phenols is 1. The minimum Gasteiger partial charge on any atom is -0.504 e. The van der Waals surface area contributed by atoms with E-state index in [1.165, 1.54) is 19.4 Å². The van der Waals surface area contributed by atoms with Gasteiger partial charge in [-0.25, -0.2) is 4.98 Å². The Morgan fingerprint density at radius 3 is 2.71 bits per heavy atom. The van der Waals surface area contributed by atoms with E-state index < -0.39 is 4.92 Å². The van der Waals surface area contributed by atoms with Crippen molar-refractivity contribution in [1.29, 1.82) is 0 Å². The van der Waals surface area contributed by atoms with Crippen LogP contribution < -0.4 is 4.74 Å². The lowest BCUT2D eigenvalue weighted by atomic mass is 10.1. The van der Waals surface area contributed by atoms with Gasteiger partial charge in [-0.1, -0.05) is 23.7 Å². The van der Waals surface area contributed by atoms with Crippen LogP contribution in [0, 0.1) is 10.1 Å². The molecule has 0 atom stereocenters. The van der Waals surface area contributed by atoms with Crippen LogP contribution in [0.4, 0.5) is 11.4 Å². The van der Waals surface area contributed by atoms with Crippen molar-refractivity contribution in [3.05, 3.63) is 86.8 Å². The summed E-state index contributed by atoms with van der Waals surface area (Å²) in [6, 6.07) is 15.0. The summed E-state index contributed by atoms with van der Waals surface area (Å²) in [6.45, 7) is 0. The van der Waals surface area contributed by atoms with E-state index in [4.69, 9.17) is 20.8 Å². The van der Waals surface area contributed by atoms with E-state index in [9.17, 15) is 15.2 Å². The highest BCUT2D eigenvalue weighted by molar-refractivity contribution is 6.30. The maximum atomic E-state index is 11.1. The van der Waals surface area contributed by atoms with Crippen molar-refractivity contribution in [1.82, 2.24) is 4.98 Å². The topological polar surface area (TPSA) is 111 Å².